The van der Waals surface area contributed by atoms with Crippen molar-refractivity contribution in [2.75, 3.05) is 5.32 Å². The monoisotopic (exact) mass is 345 g/mol. The Morgan fingerprint density at radius 2 is 1.54 bits per heavy atom. The average Bonchev–Trinajstić information content (AvgIpc) is 2.63. The molecule has 0 unspecified atom stereocenters. The summed E-state index contributed by atoms with van der Waals surface area (Å²) in [5.41, 5.74) is 4.67. The minimum atomic E-state index is -0.0173. The molecular weight excluding hydrogens is 318 g/mol. The topological polar surface area (TPSA) is 29.1 Å². The minimum absolute atomic E-state index is 0.0173. The molecule has 4 aliphatic rings. The second kappa shape index (κ2) is 5.97. The van der Waals surface area contributed by atoms with E-state index in [0.717, 1.165) is 29.0 Å². The second-order valence-corrected chi connectivity index (χ2v) is 9.05. The van der Waals surface area contributed by atoms with Crippen molar-refractivity contribution in [1.29, 1.82) is 0 Å². The predicted molar refractivity (Wildman–Crippen MR) is 105 cm³/mol. The Hall–Kier alpha value is -2.09. The van der Waals surface area contributed by atoms with Crippen LogP contribution in [0.5, 0.6) is 0 Å². The van der Waals surface area contributed by atoms with Gasteiger partial charge in [0, 0.05) is 11.3 Å². The van der Waals surface area contributed by atoms with Gasteiger partial charge in [-0.1, -0.05) is 30.3 Å². The van der Waals surface area contributed by atoms with Gasteiger partial charge in [0.25, 0.3) is 5.91 Å². The molecular formula is C24H27NO. The summed E-state index contributed by atoms with van der Waals surface area (Å²) in [6.07, 6.45) is 8.45. The number of aryl methyl sites for hydroxylation is 1. The molecule has 0 aromatic heterocycles. The fourth-order valence-corrected chi connectivity index (χ4v) is 6.33. The molecule has 0 heterocycles. The molecule has 4 aliphatic carbocycles. The van der Waals surface area contributed by atoms with Gasteiger partial charge < -0.3 is 5.32 Å². The van der Waals surface area contributed by atoms with Crippen molar-refractivity contribution < 1.29 is 4.79 Å². The molecule has 2 aromatic carbocycles. The highest BCUT2D eigenvalue weighted by atomic mass is 16.1. The molecule has 2 heteroatoms. The largest absolute Gasteiger partial charge is 0.322 e. The van der Waals surface area contributed by atoms with Crippen molar-refractivity contribution in [2.24, 2.45) is 17.8 Å². The van der Waals surface area contributed by atoms with E-state index >= 15 is 0 Å². The SMILES string of the molecule is Cc1ccc(C23CC4CC(CC(C4)C2)C3)cc1NC(=O)c1ccccc1. The third kappa shape index (κ3) is 2.67. The summed E-state index contributed by atoms with van der Waals surface area (Å²) in [7, 11) is 0. The zero-order chi connectivity index (χ0) is 17.7. The van der Waals surface area contributed by atoms with Gasteiger partial charge >= 0.3 is 0 Å². The van der Waals surface area contributed by atoms with E-state index in [-0.39, 0.29) is 5.91 Å². The van der Waals surface area contributed by atoms with Gasteiger partial charge in [0.15, 0.2) is 0 Å². The maximum atomic E-state index is 12.6. The number of carbonyl (C=O) groups is 1. The Labute approximate surface area is 156 Å². The molecule has 4 bridgehead atoms. The lowest BCUT2D eigenvalue weighted by molar-refractivity contribution is -0.00517. The summed E-state index contributed by atoms with van der Waals surface area (Å²) in [5.74, 6) is 2.79. The van der Waals surface area contributed by atoms with E-state index in [1.54, 1.807) is 0 Å². The number of benzene rings is 2. The Bertz CT molecular complexity index is 803. The van der Waals surface area contributed by atoms with Gasteiger partial charge in [-0.15, -0.1) is 0 Å². The van der Waals surface area contributed by atoms with Gasteiger partial charge in [-0.3, -0.25) is 4.79 Å². The molecule has 134 valence electrons. The van der Waals surface area contributed by atoms with Crippen LogP contribution in [0.15, 0.2) is 48.5 Å². The van der Waals surface area contributed by atoms with E-state index < -0.39 is 0 Å². The maximum absolute atomic E-state index is 12.6. The summed E-state index contributed by atoms with van der Waals surface area (Å²) >= 11 is 0. The highest BCUT2D eigenvalue weighted by Crippen LogP contribution is 2.60. The molecule has 1 N–H and O–H groups in total. The number of anilines is 1. The van der Waals surface area contributed by atoms with Gasteiger partial charge in [-0.25, -0.2) is 0 Å². The molecule has 0 aliphatic heterocycles. The Morgan fingerprint density at radius 1 is 0.923 bits per heavy atom. The molecule has 0 atom stereocenters. The Kier molecular flexibility index (Phi) is 3.70. The number of nitrogens with one attached hydrogen (secondary N) is 1. The average molecular weight is 345 g/mol. The summed E-state index contributed by atoms with van der Waals surface area (Å²) in [6.45, 7) is 2.09. The summed E-state index contributed by atoms with van der Waals surface area (Å²) < 4.78 is 0. The fourth-order valence-electron chi connectivity index (χ4n) is 6.33. The van der Waals surface area contributed by atoms with Crippen molar-refractivity contribution in [3.63, 3.8) is 0 Å². The lowest BCUT2D eigenvalue weighted by Crippen LogP contribution is -2.48. The van der Waals surface area contributed by atoms with Crippen LogP contribution in [0, 0.1) is 24.7 Å². The van der Waals surface area contributed by atoms with E-state index in [1.807, 2.05) is 30.3 Å². The number of amides is 1. The lowest BCUT2D eigenvalue weighted by Gasteiger charge is -2.57. The van der Waals surface area contributed by atoms with E-state index in [9.17, 15) is 4.79 Å². The third-order valence-corrected chi connectivity index (χ3v) is 7.17. The summed E-state index contributed by atoms with van der Waals surface area (Å²) in [5, 5.41) is 3.16. The first-order chi connectivity index (χ1) is 12.6. The molecule has 1 amide bonds. The Balaban J connectivity index is 1.45. The van der Waals surface area contributed by atoms with Crippen molar-refractivity contribution >= 4 is 11.6 Å². The highest BCUT2D eigenvalue weighted by Gasteiger charge is 2.51. The van der Waals surface area contributed by atoms with Gasteiger partial charge in [-0.05, 0) is 97.9 Å². The zero-order valence-electron chi connectivity index (χ0n) is 15.5. The first-order valence-electron chi connectivity index (χ1n) is 10.1. The van der Waals surface area contributed by atoms with Gasteiger partial charge in [-0.2, -0.15) is 0 Å². The molecule has 4 fully saturated rings. The summed E-state index contributed by atoms with van der Waals surface area (Å²) in [6, 6.07) is 16.3. The van der Waals surface area contributed by atoms with Crippen LogP contribution >= 0.6 is 0 Å². The minimum Gasteiger partial charge on any atom is -0.322 e. The van der Waals surface area contributed by atoms with Crippen LogP contribution in [0.1, 0.15) is 60.0 Å². The highest BCUT2D eigenvalue weighted by molar-refractivity contribution is 6.04. The van der Waals surface area contributed by atoms with Crippen molar-refractivity contribution in [3.05, 3.63) is 65.2 Å². The van der Waals surface area contributed by atoms with Crippen LogP contribution in [0.3, 0.4) is 0 Å². The fraction of sp³-hybridized carbons (Fsp3) is 0.458. The second-order valence-electron chi connectivity index (χ2n) is 9.05. The molecule has 0 saturated heterocycles. The van der Waals surface area contributed by atoms with Crippen LogP contribution in [0.2, 0.25) is 0 Å². The quantitative estimate of drug-likeness (QED) is 0.758. The van der Waals surface area contributed by atoms with Crippen molar-refractivity contribution in [2.45, 2.75) is 50.9 Å². The first-order valence-corrected chi connectivity index (χ1v) is 10.1. The standard InChI is InChI=1S/C24H27NO/c1-16-7-8-21(12-22(16)25-23(26)20-5-3-2-4-6-20)24-13-17-9-18(14-24)11-19(10-17)15-24/h2-8,12,17-19H,9-11,13-15H2,1H3,(H,25,26). The van der Waals surface area contributed by atoms with E-state index in [1.165, 1.54) is 44.1 Å². The van der Waals surface area contributed by atoms with Crippen LogP contribution < -0.4 is 5.32 Å². The molecule has 2 nitrogen and oxygen atoms in total. The normalized spacial score (nSPS) is 31.8. The predicted octanol–water partition coefficient (Wildman–Crippen LogP) is 5.72. The molecule has 4 saturated carbocycles. The molecule has 6 rings (SSSR count). The molecule has 2 aromatic rings. The van der Waals surface area contributed by atoms with Crippen LogP contribution in [0.4, 0.5) is 5.69 Å². The lowest BCUT2D eigenvalue weighted by atomic mass is 9.48. The number of hydrogen-bond acceptors (Lipinski definition) is 1. The zero-order valence-corrected chi connectivity index (χ0v) is 15.5. The smallest absolute Gasteiger partial charge is 0.255 e. The van der Waals surface area contributed by atoms with Gasteiger partial charge in [0.05, 0.1) is 0 Å². The van der Waals surface area contributed by atoms with Crippen LogP contribution in [-0.4, -0.2) is 5.91 Å². The number of carbonyl (C=O) groups excluding carboxylic acids is 1. The maximum Gasteiger partial charge on any atom is 0.255 e. The van der Waals surface area contributed by atoms with Crippen molar-refractivity contribution in [1.82, 2.24) is 0 Å². The van der Waals surface area contributed by atoms with Gasteiger partial charge in [0.2, 0.25) is 0 Å². The summed E-state index contributed by atoms with van der Waals surface area (Å²) in [4.78, 5) is 12.6. The number of hydrogen-bond donors (Lipinski definition) is 1. The van der Waals surface area contributed by atoms with Crippen LogP contribution in [-0.2, 0) is 5.41 Å². The Morgan fingerprint density at radius 3 is 2.15 bits per heavy atom. The van der Waals surface area contributed by atoms with E-state index in [0.29, 0.717) is 11.0 Å². The van der Waals surface area contributed by atoms with Gasteiger partial charge in [0.1, 0.15) is 0 Å². The van der Waals surface area contributed by atoms with Crippen LogP contribution in [0.25, 0.3) is 0 Å². The van der Waals surface area contributed by atoms with E-state index in [4.69, 9.17) is 0 Å². The first kappa shape index (κ1) is 16.1. The molecule has 0 radical (unpaired) electrons. The number of rotatable bonds is 3. The third-order valence-electron chi connectivity index (χ3n) is 7.17. The van der Waals surface area contributed by atoms with Crippen molar-refractivity contribution in [3.8, 4) is 0 Å². The van der Waals surface area contributed by atoms with E-state index in [2.05, 4.69) is 30.4 Å². The molecule has 0 spiro atoms. The molecule has 26 heavy (non-hydrogen) atoms.